The molecule has 2 heterocycles. The lowest BCUT2D eigenvalue weighted by molar-refractivity contribution is -0.140. The Labute approximate surface area is 166 Å². The Hall–Kier alpha value is -2.21. The van der Waals surface area contributed by atoms with E-state index in [0.717, 1.165) is 44.2 Å². The summed E-state index contributed by atoms with van der Waals surface area (Å²) in [6.45, 7) is 1.59. The molecule has 2 aromatic rings. The molecule has 1 aliphatic carbocycles. The highest BCUT2D eigenvalue weighted by Crippen LogP contribution is 2.33. The molecule has 1 aromatic heterocycles. The Balaban J connectivity index is 1.37. The van der Waals surface area contributed by atoms with Crippen molar-refractivity contribution in [3.05, 3.63) is 47.6 Å². The van der Waals surface area contributed by atoms with Gasteiger partial charge in [-0.25, -0.2) is 0 Å². The van der Waals surface area contributed by atoms with Gasteiger partial charge in [0.05, 0.1) is 12.6 Å². The third-order valence-corrected chi connectivity index (χ3v) is 5.86. The van der Waals surface area contributed by atoms with Crippen LogP contribution < -0.4 is 0 Å². The van der Waals surface area contributed by atoms with E-state index >= 15 is 0 Å². The van der Waals surface area contributed by atoms with Crippen molar-refractivity contribution in [2.75, 3.05) is 6.54 Å². The third kappa shape index (κ3) is 4.61. The molecule has 0 bridgehead atoms. The van der Waals surface area contributed by atoms with Crippen molar-refractivity contribution in [1.82, 2.24) is 15.0 Å². The molecule has 28 heavy (non-hydrogen) atoms. The second-order valence-corrected chi connectivity index (χ2v) is 7.90. The predicted octanol–water partition coefficient (Wildman–Crippen LogP) is 4.42. The molecule has 0 spiro atoms. The van der Waals surface area contributed by atoms with Gasteiger partial charge >= 0.3 is 0 Å². The van der Waals surface area contributed by atoms with E-state index in [-0.39, 0.29) is 24.5 Å². The number of aromatic nitrogens is 2. The molecule has 1 amide bonds. The average molecular weight is 383 g/mol. The number of rotatable bonds is 6. The zero-order chi connectivity index (χ0) is 19.2. The van der Waals surface area contributed by atoms with E-state index in [1.54, 1.807) is 0 Å². The number of nitrogens with zero attached hydrogens (tertiary/aromatic N) is 3. The number of hydrogen-bond donors (Lipinski definition) is 0. The normalized spacial score (nSPS) is 21.0. The molecule has 2 aliphatic rings. The first-order valence-corrected chi connectivity index (χ1v) is 10.6. The third-order valence-electron chi connectivity index (χ3n) is 5.86. The number of carbonyl (C=O) groups excluding carboxylic acids is 1. The number of hydrogen-bond acceptors (Lipinski definition) is 5. The number of piperidine rings is 1. The highest BCUT2D eigenvalue weighted by molar-refractivity contribution is 5.79. The molecular weight excluding hydrogens is 354 g/mol. The maximum absolute atomic E-state index is 13.1. The van der Waals surface area contributed by atoms with E-state index in [1.165, 1.54) is 19.3 Å². The number of ether oxygens (including phenoxy) is 1. The van der Waals surface area contributed by atoms with E-state index in [1.807, 2.05) is 35.2 Å². The minimum atomic E-state index is -0.0604. The van der Waals surface area contributed by atoms with Crippen LogP contribution in [-0.4, -0.2) is 27.5 Å². The molecule has 6 nitrogen and oxygen atoms in total. The van der Waals surface area contributed by atoms with E-state index in [2.05, 4.69) is 10.1 Å². The summed E-state index contributed by atoms with van der Waals surface area (Å²) in [5, 5.41) is 4.18. The standard InChI is InChI=1S/C22H29N3O3/c26-22(18-11-5-2-6-12-18)25-14-8-7-13-19(25)21-23-20(28-24-21)16-27-15-17-9-3-1-4-10-17/h1,3-4,9-10,18-19H,2,5-8,11-16H2. The summed E-state index contributed by atoms with van der Waals surface area (Å²) >= 11 is 0. The topological polar surface area (TPSA) is 68.5 Å². The van der Waals surface area contributed by atoms with Crippen LogP contribution in [0, 0.1) is 5.92 Å². The van der Waals surface area contributed by atoms with Gasteiger partial charge in [-0.3, -0.25) is 4.79 Å². The molecule has 6 heteroatoms. The van der Waals surface area contributed by atoms with E-state index in [0.29, 0.717) is 18.3 Å². The molecule has 150 valence electrons. The van der Waals surface area contributed by atoms with Gasteiger partial charge in [-0.2, -0.15) is 4.98 Å². The Morgan fingerprint density at radius 1 is 1.04 bits per heavy atom. The van der Waals surface area contributed by atoms with Crippen molar-refractivity contribution >= 4 is 5.91 Å². The number of likely N-dealkylation sites (tertiary alicyclic amines) is 1. The second-order valence-electron chi connectivity index (χ2n) is 7.90. The van der Waals surface area contributed by atoms with Gasteiger partial charge in [0.2, 0.25) is 5.91 Å². The van der Waals surface area contributed by atoms with Gasteiger partial charge in [0.25, 0.3) is 5.89 Å². The fourth-order valence-electron chi connectivity index (χ4n) is 4.34. The summed E-state index contributed by atoms with van der Waals surface area (Å²) in [6, 6.07) is 9.95. The minimum Gasteiger partial charge on any atom is -0.367 e. The van der Waals surface area contributed by atoms with E-state index < -0.39 is 0 Å². The summed E-state index contributed by atoms with van der Waals surface area (Å²) in [6.07, 6.45) is 8.68. The summed E-state index contributed by atoms with van der Waals surface area (Å²) in [7, 11) is 0. The molecule has 1 saturated heterocycles. The van der Waals surface area contributed by atoms with Crippen LogP contribution in [0.4, 0.5) is 0 Å². The van der Waals surface area contributed by atoms with Gasteiger partial charge in [-0.15, -0.1) is 0 Å². The zero-order valence-corrected chi connectivity index (χ0v) is 16.4. The van der Waals surface area contributed by atoms with Crippen molar-refractivity contribution in [1.29, 1.82) is 0 Å². The largest absolute Gasteiger partial charge is 0.367 e. The maximum atomic E-state index is 13.1. The Kier molecular flexibility index (Phi) is 6.37. The lowest BCUT2D eigenvalue weighted by Crippen LogP contribution is -2.42. The van der Waals surface area contributed by atoms with Crippen LogP contribution in [0.3, 0.4) is 0 Å². The van der Waals surface area contributed by atoms with E-state index in [4.69, 9.17) is 9.26 Å². The SMILES string of the molecule is O=C(C1CCCCC1)N1CCCCC1c1noc(COCc2ccccc2)n1. The monoisotopic (exact) mass is 383 g/mol. The summed E-state index contributed by atoms with van der Waals surface area (Å²) in [5.74, 6) is 1.56. The van der Waals surface area contributed by atoms with Gasteiger partial charge < -0.3 is 14.2 Å². The zero-order valence-electron chi connectivity index (χ0n) is 16.4. The predicted molar refractivity (Wildman–Crippen MR) is 104 cm³/mol. The average Bonchev–Trinajstić information content (AvgIpc) is 3.23. The molecule has 1 aliphatic heterocycles. The molecular formula is C22H29N3O3. The fourth-order valence-corrected chi connectivity index (χ4v) is 4.34. The van der Waals surface area contributed by atoms with Crippen LogP contribution in [0.5, 0.6) is 0 Å². The molecule has 1 unspecified atom stereocenters. The summed E-state index contributed by atoms with van der Waals surface area (Å²) < 4.78 is 11.1. The van der Waals surface area contributed by atoms with Gasteiger partial charge in [0.1, 0.15) is 6.61 Å². The molecule has 1 saturated carbocycles. The van der Waals surface area contributed by atoms with Crippen LogP contribution in [0.1, 0.15) is 74.7 Å². The molecule has 4 rings (SSSR count). The molecule has 0 N–H and O–H groups in total. The van der Waals surface area contributed by atoms with Crippen LogP contribution in [0.15, 0.2) is 34.9 Å². The number of carbonyl (C=O) groups is 1. The van der Waals surface area contributed by atoms with Crippen LogP contribution in [-0.2, 0) is 22.7 Å². The van der Waals surface area contributed by atoms with Crippen molar-refractivity contribution in [3.63, 3.8) is 0 Å². The van der Waals surface area contributed by atoms with Crippen molar-refractivity contribution in [2.45, 2.75) is 70.6 Å². The Morgan fingerprint density at radius 2 is 1.82 bits per heavy atom. The first-order valence-electron chi connectivity index (χ1n) is 10.6. The van der Waals surface area contributed by atoms with Crippen molar-refractivity contribution < 1.29 is 14.1 Å². The van der Waals surface area contributed by atoms with Gasteiger partial charge in [-0.1, -0.05) is 54.8 Å². The molecule has 2 fully saturated rings. The maximum Gasteiger partial charge on any atom is 0.252 e. The quantitative estimate of drug-likeness (QED) is 0.738. The highest BCUT2D eigenvalue weighted by Gasteiger charge is 2.35. The summed E-state index contributed by atoms with van der Waals surface area (Å²) in [5.41, 5.74) is 1.11. The van der Waals surface area contributed by atoms with Crippen molar-refractivity contribution in [3.8, 4) is 0 Å². The fraction of sp³-hybridized carbons (Fsp3) is 0.591. The van der Waals surface area contributed by atoms with E-state index in [9.17, 15) is 4.79 Å². The first kappa shape index (κ1) is 19.1. The lowest BCUT2D eigenvalue weighted by atomic mass is 9.87. The Morgan fingerprint density at radius 3 is 2.64 bits per heavy atom. The number of benzene rings is 1. The van der Waals surface area contributed by atoms with Gasteiger partial charge in [-0.05, 0) is 37.7 Å². The number of amides is 1. The molecule has 0 radical (unpaired) electrons. The highest BCUT2D eigenvalue weighted by atomic mass is 16.5. The lowest BCUT2D eigenvalue weighted by Gasteiger charge is -2.37. The molecule has 1 atom stereocenters. The van der Waals surface area contributed by atoms with Crippen LogP contribution in [0.2, 0.25) is 0 Å². The molecule has 1 aromatic carbocycles. The van der Waals surface area contributed by atoms with Crippen LogP contribution >= 0.6 is 0 Å². The Bertz CT molecular complexity index is 755. The van der Waals surface area contributed by atoms with Crippen LogP contribution in [0.25, 0.3) is 0 Å². The first-order chi connectivity index (χ1) is 13.8. The van der Waals surface area contributed by atoms with Gasteiger partial charge in [0, 0.05) is 12.5 Å². The van der Waals surface area contributed by atoms with Crippen molar-refractivity contribution in [2.24, 2.45) is 5.92 Å². The smallest absolute Gasteiger partial charge is 0.252 e. The summed E-state index contributed by atoms with van der Waals surface area (Å²) in [4.78, 5) is 19.6. The minimum absolute atomic E-state index is 0.0604. The van der Waals surface area contributed by atoms with Gasteiger partial charge in [0.15, 0.2) is 5.82 Å². The second kappa shape index (κ2) is 9.32.